The number of hydrogen-bond acceptors (Lipinski definition) is 3. The summed E-state index contributed by atoms with van der Waals surface area (Å²) in [6.45, 7) is 9.70. The van der Waals surface area contributed by atoms with E-state index >= 15 is 0 Å². The molecule has 2 rings (SSSR count). The van der Waals surface area contributed by atoms with Gasteiger partial charge in [-0.15, -0.1) is 0 Å². The highest BCUT2D eigenvalue weighted by molar-refractivity contribution is 5.97. The molecule has 25 heavy (non-hydrogen) atoms. The second-order valence-corrected chi connectivity index (χ2v) is 7.36. The number of likely N-dealkylation sites (tertiary alicyclic amines) is 1. The number of carbonyl (C=O) groups is 2. The van der Waals surface area contributed by atoms with Crippen molar-refractivity contribution in [3.05, 3.63) is 29.3 Å². The van der Waals surface area contributed by atoms with Crippen molar-refractivity contribution in [3.63, 3.8) is 0 Å². The lowest BCUT2D eigenvalue weighted by atomic mass is 9.95. The van der Waals surface area contributed by atoms with Gasteiger partial charge in [0.15, 0.2) is 0 Å². The summed E-state index contributed by atoms with van der Waals surface area (Å²) in [5, 5.41) is 6.21. The molecule has 1 fully saturated rings. The van der Waals surface area contributed by atoms with E-state index in [9.17, 15) is 9.59 Å². The normalized spacial score (nSPS) is 18.8. The SMILES string of the molecule is CNC(=O)[C@H]1CCCN(C(=O)c2cccc(N[C@H](C)C(C)C)c2C)C1. The molecular weight excluding hydrogens is 314 g/mol. The van der Waals surface area contributed by atoms with Crippen molar-refractivity contribution in [3.8, 4) is 0 Å². The fraction of sp³-hybridized carbons (Fsp3) is 0.600. The van der Waals surface area contributed by atoms with Crippen LogP contribution in [0.3, 0.4) is 0 Å². The van der Waals surface area contributed by atoms with E-state index in [-0.39, 0.29) is 17.7 Å². The van der Waals surface area contributed by atoms with Crippen molar-refractivity contribution < 1.29 is 9.59 Å². The molecule has 1 aliphatic heterocycles. The van der Waals surface area contributed by atoms with Gasteiger partial charge in [-0.1, -0.05) is 19.9 Å². The van der Waals surface area contributed by atoms with E-state index in [0.29, 0.717) is 25.0 Å². The Balaban J connectivity index is 2.17. The lowest BCUT2D eigenvalue weighted by Gasteiger charge is -2.32. The van der Waals surface area contributed by atoms with Gasteiger partial charge >= 0.3 is 0 Å². The molecule has 2 atom stereocenters. The van der Waals surface area contributed by atoms with Crippen molar-refractivity contribution in [2.75, 3.05) is 25.5 Å². The number of rotatable bonds is 5. The number of amides is 2. The summed E-state index contributed by atoms with van der Waals surface area (Å²) in [7, 11) is 1.65. The Labute approximate surface area is 151 Å². The van der Waals surface area contributed by atoms with Crippen LogP contribution in [0, 0.1) is 18.8 Å². The molecule has 138 valence electrons. The molecular formula is C20H31N3O2. The first kappa shape index (κ1) is 19.3. The van der Waals surface area contributed by atoms with Gasteiger partial charge in [0.2, 0.25) is 5.91 Å². The van der Waals surface area contributed by atoms with Crippen molar-refractivity contribution in [1.82, 2.24) is 10.2 Å². The number of anilines is 1. The highest BCUT2D eigenvalue weighted by atomic mass is 16.2. The van der Waals surface area contributed by atoms with Crippen LogP contribution in [0.15, 0.2) is 18.2 Å². The molecule has 1 saturated heterocycles. The summed E-state index contributed by atoms with van der Waals surface area (Å²) in [4.78, 5) is 26.8. The van der Waals surface area contributed by atoms with Crippen molar-refractivity contribution in [2.45, 2.75) is 46.6 Å². The molecule has 0 unspecified atom stereocenters. The maximum Gasteiger partial charge on any atom is 0.254 e. The number of carbonyl (C=O) groups excluding carboxylic acids is 2. The van der Waals surface area contributed by atoms with E-state index in [0.717, 1.165) is 29.7 Å². The van der Waals surface area contributed by atoms with Crippen molar-refractivity contribution in [2.24, 2.45) is 11.8 Å². The summed E-state index contributed by atoms with van der Waals surface area (Å²) >= 11 is 0. The molecule has 0 bridgehead atoms. The molecule has 0 radical (unpaired) electrons. The predicted molar refractivity (Wildman–Crippen MR) is 102 cm³/mol. The van der Waals surface area contributed by atoms with E-state index in [1.165, 1.54) is 0 Å². The van der Waals surface area contributed by atoms with Crippen LogP contribution in [0.25, 0.3) is 0 Å². The Morgan fingerprint density at radius 2 is 1.96 bits per heavy atom. The molecule has 1 aromatic carbocycles. The van der Waals surface area contributed by atoms with Crippen LogP contribution >= 0.6 is 0 Å². The molecule has 2 N–H and O–H groups in total. The Morgan fingerprint density at radius 3 is 2.60 bits per heavy atom. The Kier molecular flexibility index (Phi) is 6.45. The van der Waals surface area contributed by atoms with E-state index < -0.39 is 0 Å². The van der Waals surface area contributed by atoms with Gasteiger partial charge in [0.1, 0.15) is 0 Å². The molecule has 0 saturated carbocycles. The monoisotopic (exact) mass is 345 g/mol. The lowest BCUT2D eigenvalue weighted by Crippen LogP contribution is -2.45. The van der Waals surface area contributed by atoms with E-state index in [1.54, 1.807) is 7.05 Å². The van der Waals surface area contributed by atoms with Crippen LogP contribution < -0.4 is 10.6 Å². The minimum atomic E-state index is -0.106. The number of hydrogen-bond donors (Lipinski definition) is 2. The highest BCUT2D eigenvalue weighted by Crippen LogP contribution is 2.25. The first-order chi connectivity index (χ1) is 11.8. The van der Waals surface area contributed by atoms with E-state index in [1.807, 2.05) is 30.0 Å². The average Bonchev–Trinajstić information content (AvgIpc) is 2.62. The third-order valence-electron chi connectivity index (χ3n) is 5.27. The average molecular weight is 345 g/mol. The first-order valence-electron chi connectivity index (χ1n) is 9.22. The molecule has 2 amide bonds. The lowest BCUT2D eigenvalue weighted by molar-refractivity contribution is -0.125. The number of nitrogens with zero attached hydrogens (tertiary/aromatic N) is 1. The molecule has 0 spiro atoms. The number of nitrogens with one attached hydrogen (secondary N) is 2. The second-order valence-electron chi connectivity index (χ2n) is 7.36. The van der Waals surface area contributed by atoms with Gasteiger partial charge in [0, 0.05) is 37.4 Å². The minimum absolute atomic E-state index is 0.0203. The van der Waals surface area contributed by atoms with Gasteiger partial charge in [-0.3, -0.25) is 9.59 Å². The topological polar surface area (TPSA) is 61.4 Å². The van der Waals surface area contributed by atoms with Crippen molar-refractivity contribution in [1.29, 1.82) is 0 Å². The van der Waals surface area contributed by atoms with Crippen LogP contribution in [-0.4, -0.2) is 42.9 Å². The zero-order valence-electron chi connectivity index (χ0n) is 16.1. The predicted octanol–water partition coefficient (Wildman–Crippen LogP) is 3.05. The first-order valence-corrected chi connectivity index (χ1v) is 9.22. The number of benzene rings is 1. The molecule has 1 aromatic rings. The summed E-state index contributed by atoms with van der Waals surface area (Å²) in [5.74, 6) is 0.446. The molecule has 5 nitrogen and oxygen atoms in total. The van der Waals surface area contributed by atoms with Gasteiger partial charge in [-0.05, 0) is 50.3 Å². The van der Waals surface area contributed by atoms with Crippen LogP contribution in [-0.2, 0) is 4.79 Å². The third-order valence-corrected chi connectivity index (χ3v) is 5.27. The zero-order chi connectivity index (χ0) is 18.6. The summed E-state index contributed by atoms with van der Waals surface area (Å²) in [6, 6.07) is 6.16. The van der Waals surface area contributed by atoms with Crippen molar-refractivity contribution >= 4 is 17.5 Å². The maximum atomic E-state index is 13.0. The van der Waals surface area contributed by atoms with Gasteiger partial charge in [-0.25, -0.2) is 0 Å². The van der Waals surface area contributed by atoms with Gasteiger partial charge in [0.25, 0.3) is 5.91 Å². The number of piperidine rings is 1. The van der Waals surface area contributed by atoms with E-state index in [4.69, 9.17) is 0 Å². The smallest absolute Gasteiger partial charge is 0.254 e. The Bertz CT molecular complexity index is 627. The fourth-order valence-corrected chi connectivity index (χ4v) is 3.19. The minimum Gasteiger partial charge on any atom is -0.382 e. The quantitative estimate of drug-likeness (QED) is 0.862. The summed E-state index contributed by atoms with van der Waals surface area (Å²) < 4.78 is 0. The highest BCUT2D eigenvalue weighted by Gasteiger charge is 2.29. The Morgan fingerprint density at radius 1 is 1.24 bits per heavy atom. The Hall–Kier alpha value is -2.04. The van der Waals surface area contributed by atoms with Crippen LogP contribution in [0.4, 0.5) is 5.69 Å². The molecule has 0 aliphatic carbocycles. The maximum absolute atomic E-state index is 13.0. The molecule has 5 heteroatoms. The largest absolute Gasteiger partial charge is 0.382 e. The molecule has 1 aliphatic rings. The van der Waals surface area contributed by atoms with Crippen LogP contribution in [0.1, 0.15) is 49.5 Å². The van der Waals surface area contributed by atoms with Crippen LogP contribution in [0.5, 0.6) is 0 Å². The third kappa shape index (κ3) is 4.53. The second kappa shape index (κ2) is 8.37. The molecule has 1 heterocycles. The van der Waals surface area contributed by atoms with Gasteiger partial charge in [0.05, 0.1) is 5.92 Å². The zero-order valence-corrected chi connectivity index (χ0v) is 16.1. The standard InChI is InChI=1S/C20H31N3O2/c1-13(2)15(4)22-18-10-6-9-17(14(18)3)20(25)23-11-7-8-16(12-23)19(24)21-5/h6,9-10,13,15-16,22H,7-8,11-12H2,1-5H3,(H,21,24)/t15-,16+/m1/s1. The van der Waals surface area contributed by atoms with Gasteiger partial charge < -0.3 is 15.5 Å². The summed E-state index contributed by atoms with van der Waals surface area (Å²) in [5.41, 5.74) is 2.70. The summed E-state index contributed by atoms with van der Waals surface area (Å²) in [6.07, 6.45) is 1.71. The fourth-order valence-electron chi connectivity index (χ4n) is 3.19. The van der Waals surface area contributed by atoms with E-state index in [2.05, 4.69) is 31.4 Å². The van der Waals surface area contributed by atoms with Crippen LogP contribution in [0.2, 0.25) is 0 Å². The van der Waals surface area contributed by atoms with Gasteiger partial charge in [-0.2, -0.15) is 0 Å². The molecule has 0 aromatic heterocycles.